The van der Waals surface area contributed by atoms with Gasteiger partial charge in [0.05, 0.1) is 23.4 Å². The molecule has 23 heavy (non-hydrogen) atoms. The highest BCUT2D eigenvalue weighted by Gasteiger charge is 2.41. The van der Waals surface area contributed by atoms with Gasteiger partial charge in [0.25, 0.3) is 5.91 Å². The molecular weight excluding hydrogens is 320 g/mol. The summed E-state index contributed by atoms with van der Waals surface area (Å²) in [6.07, 6.45) is -0.942. The van der Waals surface area contributed by atoms with Gasteiger partial charge in [-0.25, -0.2) is 4.79 Å². The summed E-state index contributed by atoms with van der Waals surface area (Å²) in [6.45, 7) is 5.94. The van der Waals surface area contributed by atoms with Gasteiger partial charge in [-0.3, -0.25) is 10.1 Å². The van der Waals surface area contributed by atoms with Crippen molar-refractivity contribution >= 4 is 29.3 Å². The molecule has 0 aliphatic carbocycles. The van der Waals surface area contributed by atoms with Crippen molar-refractivity contribution in [3.8, 4) is 5.75 Å². The maximum absolute atomic E-state index is 12.1. The first-order valence-corrected chi connectivity index (χ1v) is 7.95. The van der Waals surface area contributed by atoms with Crippen molar-refractivity contribution in [3.63, 3.8) is 0 Å². The number of hydrogen-bond donors (Lipinski definition) is 1. The highest BCUT2D eigenvalue weighted by molar-refractivity contribution is 6.32. The third-order valence-corrected chi connectivity index (χ3v) is 4.31. The molecule has 124 valence electrons. The third kappa shape index (κ3) is 2.72. The first-order valence-electron chi connectivity index (χ1n) is 7.58. The van der Waals surface area contributed by atoms with Crippen molar-refractivity contribution in [3.05, 3.63) is 22.2 Å². The third-order valence-electron chi connectivity index (χ3n) is 4.03. The molecule has 1 saturated heterocycles. The van der Waals surface area contributed by atoms with E-state index in [-0.39, 0.29) is 0 Å². The molecule has 1 N–H and O–H groups in total. The Hall–Kier alpha value is -1.95. The number of benzene rings is 1. The summed E-state index contributed by atoms with van der Waals surface area (Å²) in [7, 11) is 1.49. The number of ether oxygens (including phenoxy) is 2. The molecule has 6 nitrogen and oxygen atoms in total. The number of imide groups is 1. The Morgan fingerprint density at radius 1 is 1.48 bits per heavy atom. The monoisotopic (exact) mass is 338 g/mol. The summed E-state index contributed by atoms with van der Waals surface area (Å²) < 4.78 is 10.6. The molecule has 0 saturated carbocycles. The van der Waals surface area contributed by atoms with Crippen molar-refractivity contribution in [2.45, 2.75) is 26.4 Å². The van der Waals surface area contributed by atoms with E-state index in [1.807, 2.05) is 6.07 Å². The summed E-state index contributed by atoms with van der Waals surface area (Å²) in [4.78, 5) is 25.8. The van der Waals surface area contributed by atoms with E-state index in [9.17, 15) is 9.59 Å². The smallest absolute Gasteiger partial charge is 0.415 e. The molecule has 0 aromatic heterocycles. The summed E-state index contributed by atoms with van der Waals surface area (Å²) in [5.74, 6) is 0.348. The normalized spacial score (nSPS) is 19.9. The van der Waals surface area contributed by atoms with Gasteiger partial charge in [0.1, 0.15) is 5.75 Å². The van der Waals surface area contributed by atoms with Crippen LogP contribution in [0.5, 0.6) is 5.75 Å². The molecule has 2 heterocycles. The van der Waals surface area contributed by atoms with Gasteiger partial charge in [-0.2, -0.15) is 0 Å². The van der Waals surface area contributed by atoms with Crippen LogP contribution in [0.2, 0.25) is 5.02 Å². The number of carbonyl (C=O) groups is 2. The Bertz CT molecular complexity index is 675. The maximum Gasteiger partial charge on any atom is 0.415 e. The average molecular weight is 339 g/mol. The van der Waals surface area contributed by atoms with Crippen LogP contribution in [-0.2, 0) is 16.0 Å². The molecule has 2 amide bonds. The quantitative estimate of drug-likeness (QED) is 0.914. The van der Waals surface area contributed by atoms with Crippen molar-refractivity contribution < 1.29 is 19.1 Å². The number of anilines is 1. The van der Waals surface area contributed by atoms with Gasteiger partial charge in [-0.05, 0) is 24.0 Å². The molecule has 1 aromatic carbocycles. The number of halogens is 1. The summed E-state index contributed by atoms with van der Waals surface area (Å²) in [6, 6.07) is 1.87. The number of rotatable bonds is 4. The van der Waals surface area contributed by atoms with E-state index in [4.69, 9.17) is 21.1 Å². The van der Waals surface area contributed by atoms with E-state index in [0.717, 1.165) is 30.8 Å². The van der Waals surface area contributed by atoms with E-state index in [1.165, 1.54) is 7.11 Å². The van der Waals surface area contributed by atoms with Crippen LogP contribution in [0, 0.1) is 5.92 Å². The molecule has 1 fully saturated rings. The number of fused-ring (bicyclic) bond motifs is 1. The Morgan fingerprint density at radius 2 is 2.22 bits per heavy atom. The molecule has 2 aliphatic heterocycles. The Balaban J connectivity index is 2.16. The maximum atomic E-state index is 12.1. The molecule has 0 spiro atoms. The van der Waals surface area contributed by atoms with E-state index in [2.05, 4.69) is 24.1 Å². The zero-order valence-corrected chi connectivity index (χ0v) is 14.1. The van der Waals surface area contributed by atoms with E-state index in [1.54, 1.807) is 0 Å². The van der Waals surface area contributed by atoms with E-state index in [0.29, 0.717) is 22.3 Å². The molecule has 1 aromatic rings. The fourth-order valence-corrected chi connectivity index (χ4v) is 3.56. The van der Waals surface area contributed by atoms with Gasteiger partial charge >= 0.3 is 6.09 Å². The van der Waals surface area contributed by atoms with Crippen LogP contribution < -0.4 is 15.0 Å². The zero-order chi connectivity index (χ0) is 16.7. The second kappa shape index (κ2) is 5.92. The second-order valence-electron chi connectivity index (χ2n) is 6.18. The SMILES string of the molecule is COc1c(Cl)cc2c(c1C1OC(=O)NC1=O)N(CC(C)C)CC2. The molecule has 2 aliphatic rings. The molecular formula is C16H19ClN2O4. The van der Waals surface area contributed by atoms with Crippen LogP contribution >= 0.6 is 11.6 Å². The van der Waals surface area contributed by atoms with Crippen molar-refractivity contribution in [1.29, 1.82) is 0 Å². The number of carbonyl (C=O) groups excluding carboxylic acids is 2. The first kappa shape index (κ1) is 15.9. The van der Waals surface area contributed by atoms with Crippen LogP contribution in [-0.4, -0.2) is 32.2 Å². The van der Waals surface area contributed by atoms with Crippen molar-refractivity contribution in [1.82, 2.24) is 5.32 Å². The number of nitrogens with one attached hydrogen (secondary N) is 1. The van der Waals surface area contributed by atoms with E-state index < -0.39 is 18.1 Å². The topological polar surface area (TPSA) is 67.9 Å². The highest BCUT2D eigenvalue weighted by Crippen LogP contribution is 2.47. The minimum atomic E-state index is -1.03. The van der Waals surface area contributed by atoms with Crippen molar-refractivity contribution in [2.24, 2.45) is 5.92 Å². The number of amides is 2. The lowest BCUT2D eigenvalue weighted by Crippen LogP contribution is -2.27. The first-order chi connectivity index (χ1) is 10.9. The number of hydrogen-bond acceptors (Lipinski definition) is 5. The number of methoxy groups -OCH3 is 1. The molecule has 7 heteroatoms. The Kier molecular flexibility index (Phi) is 4.10. The summed E-state index contributed by atoms with van der Waals surface area (Å²) in [5.41, 5.74) is 2.48. The minimum absolute atomic E-state index is 0.385. The molecule has 3 rings (SSSR count). The van der Waals surface area contributed by atoms with Gasteiger partial charge in [0, 0.05) is 13.1 Å². The fraction of sp³-hybridized carbons (Fsp3) is 0.500. The number of cyclic esters (lactones) is 1. The van der Waals surface area contributed by atoms with Crippen LogP contribution in [0.25, 0.3) is 0 Å². The average Bonchev–Trinajstić information content (AvgIpc) is 3.00. The largest absolute Gasteiger partial charge is 0.495 e. The van der Waals surface area contributed by atoms with Crippen LogP contribution in [0.1, 0.15) is 31.1 Å². The van der Waals surface area contributed by atoms with E-state index >= 15 is 0 Å². The number of nitrogens with zero attached hydrogens (tertiary/aromatic N) is 1. The van der Waals surface area contributed by atoms with Gasteiger partial charge in [0.2, 0.25) is 6.10 Å². The lowest BCUT2D eigenvalue weighted by Gasteiger charge is -2.26. The molecule has 0 bridgehead atoms. The standard InChI is InChI=1S/C16H19ClN2O4/c1-8(2)7-19-5-4-9-6-10(17)13(22-3)11(12(9)19)14-15(20)18-16(21)23-14/h6,8,14H,4-5,7H2,1-3H3,(H,18,20,21). The Morgan fingerprint density at radius 3 is 2.78 bits per heavy atom. The predicted molar refractivity (Wildman–Crippen MR) is 86.1 cm³/mol. The molecule has 1 unspecified atom stereocenters. The lowest BCUT2D eigenvalue weighted by molar-refractivity contribution is -0.123. The van der Waals surface area contributed by atoms with Gasteiger partial charge < -0.3 is 14.4 Å². The lowest BCUT2D eigenvalue weighted by atomic mass is 10.00. The summed E-state index contributed by atoms with van der Waals surface area (Å²) >= 11 is 6.31. The van der Waals surface area contributed by atoms with Crippen LogP contribution in [0.4, 0.5) is 10.5 Å². The summed E-state index contributed by atoms with van der Waals surface area (Å²) in [5, 5.41) is 2.59. The van der Waals surface area contributed by atoms with Gasteiger partial charge in [-0.1, -0.05) is 25.4 Å². The Labute approximate surface area is 139 Å². The van der Waals surface area contributed by atoms with Crippen molar-refractivity contribution in [2.75, 3.05) is 25.1 Å². The second-order valence-corrected chi connectivity index (χ2v) is 6.58. The van der Waals surface area contributed by atoms with Gasteiger partial charge in [-0.15, -0.1) is 0 Å². The van der Waals surface area contributed by atoms with Gasteiger partial charge in [0.15, 0.2) is 0 Å². The zero-order valence-electron chi connectivity index (χ0n) is 13.3. The molecule has 0 radical (unpaired) electrons. The fourth-order valence-electron chi connectivity index (χ4n) is 3.25. The number of alkyl carbamates (subject to hydrolysis) is 1. The van der Waals surface area contributed by atoms with Crippen LogP contribution in [0.3, 0.4) is 0 Å². The highest BCUT2D eigenvalue weighted by atomic mass is 35.5. The minimum Gasteiger partial charge on any atom is -0.495 e. The predicted octanol–water partition coefficient (Wildman–Crippen LogP) is 2.67. The molecule has 1 atom stereocenters. The van der Waals surface area contributed by atoms with Crippen LogP contribution in [0.15, 0.2) is 6.07 Å².